The zero-order valence-corrected chi connectivity index (χ0v) is 5.99. The normalized spacial score (nSPS) is 18.8. The van der Waals surface area contributed by atoms with Crippen LogP contribution in [-0.2, 0) is 4.79 Å². The highest BCUT2D eigenvalue weighted by molar-refractivity contribution is 8.14. The number of hydrogen-bond acceptors (Lipinski definition) is 3. The molecule has 0 atom stereocenters. The van der Waals surface area contributed by atoms with Crippen LogP contribution in [-0.4, -0.2) is 16.7 Å². The minimum atomic E-state index is -0.00259. The standard InChI is InChI=1S/C5H8N2OS/c1-2-5-7-6-4(8)3-9-5/h2-3H2,1H3,(H,6,8). The van der Waals surface area contributed by atoms with Crippen molar-refractivity contribution in [1.29, 1.82) is 0 Å². The van der Waals surface area contributed by atoms with Crippen LogP contribution in [0.5, 0.6) is 0 Å². The zero-order chi connectivity index (χ0) is 6.69. The second-order valence-electron chi connectivity index (χ2n) is 1.68. The Balaban J connectivity index is 2.50. The third-order valence-electron chi connectivity index (χ3n) is 0.978. The fourth-order valence-corrected chi connectivity index (χ4v) is 1.20. The lowest BCUT2D eigenvalue weighted by Gasteiger charge is -2.08. The number of nitrogens with one attached hydrogen (secondary N) is 1. The molecule has 0 saturated heterocycles. The van der Waals surface area contributed by atoms with Crippen molar-refractivity contribution >= 4 is 22.7 Å². The molecule has 0 radical (unpaired) electrons. The molecular formula is C5H8N2OS. The summed E-state index contributed by atoms with van der Waals surface area (Å²) in [5, 5.41) is 4.82. The minimum Gasteiger partial charge on any atom is -0.272 e. The van der Waals surface area contributed by atoms with E-state index in [4.69, 9.17) is 0 Å². The molecule has 3 nitrogen and oxygen atoms in total. The lowest BCUT2D eigenvalue weighted by Crippen LogP contribution is -2.25. The maximum absolute atomic E-state index is 10.5. The van der Waals surface area contributed by atoms with Gasteiger partial charge in [-0.25, -0.2) is 5.43 Å². The molecule has 1 rings (SSSR count). The molecule has 0 bridgehead atoms. The van der Waals surface area contributed by atoms with Crippen LogP contribution in [0.1, 0.15) is 13.3 Å². The molecule has 0 saturated carbocycles. The van der Waals surface area contributed by atoms with Crippen LogP contribution in [0, 0.1) is 0 Å². The van der Waals surface area contributed by atoms with Gasteiger partial charge in [-0.1, -0.05) is 18.7 Å². The number of amides is 1. The number of rotatable bonds is 1. The molecular weight excluding hydrogens is 136 g/mol. The summed E-state index contributed by atoms with van der Waals surface area (Å²) in [4.78, 5) is 10.5. The number of hydrogen-bond donors (Lipinski definition) is 1. The SMILES string of the molecule is CCC1=NNC(=O)CS1. The van der Waals surface area contributed by atoms with E-state index in [0.29, 0.717) is 5.75 Å². The second-order valence-corrected chi connectivity index (χ2v) is 2.73. The molecule has 50 valence electrons. The van der Waals surface area contributed by atoms with Crippen molar-refractivity contribution in [2.45, 2.75) is 13.3 Å². The molecule has 4 heteroatoms. The van der Waals surface area contributed by atoms with Gasteiger partial charge in [0.1, 0.15) is 0 Å². The van der Waals surface area contributed by atoms with Gasteiger partial charge in [-0.2, -0.15) is 5.10 Å². The predicted octanol–water partition coefficient (Wildman–Crippen LogP) is 0.573. The molecule has 0 spiro atoms. The molecule has 1 amide bonds. The van der Waals surface area contributed by atoms with Crippen molar-refractivity contribution in [3.8, 4) is 0 Å². The molecule has 1 heterocycles. The largest absolute Gasteiger partial charge is 0.272 e. The molecule has 9 heavy (non-hydrogen) atoms. The Kier molecular flexibility index (Phi) is 2.10. The van der Waals surface area contributed by atoms with E-state index in [1.165, 1.54) is 11.8 Å². The van der Waals surface area contributed by atoms with Gasteiger partial charge in [0.25, 0.3) is 0 Å². The average Bonchev–Trinajstić information content (AvgIpc) is 1.90. The predicted molar refractivity (Wildman–Crippen MR) is 38.3 cm³/mol. The highest BCUT2D eigenvalue weighted by atomic mass is 32.2. The van der Waals surface area contributed by atoms with E-state index in [1.807, 2.05) is 6.92 Å². The quantitative estimate of drug-likeness (QED) is 0.584. The van der Waals surface area contributed by atoms with Gasteiger partial charge in [0, 0.05) is 0 Å². The van der Waals surface area contributed by atoms with Gasteiger partial charge in [-0.15, -0.1) is 0 Å². The summed E-state index contributed by atoms with van der Waals surface area (Å²) in [6.07, 6.45) is 0.908. The van der Waals surface area contributed by atoms with Gasteiger partial charge in [-0.05, 0) is 6.42 Å². The summed E-state index contributed by atoms with van der Waals surface area (Å²) >= 11 is 1.51. The van der Waals surface area contributed by atoms with Crippen LogP contribution < -0.4 is 5.43 Å². The Morgan fingerprint density at radius 1 is 1.89 bits per heavy atom. The summed E-state index contributed by atoms with van der Waals surface area (Å²) in [6, 6.07) is 0. The number of carbonyl (C=O) groups excluding carboxylic acids is 1. The summed E-state index contributed by atoms with van der Waals surface area (Å²) in [5.74, 6) is 0.518. The van der Waals surface area contributed by atoms with Crippen molar-refractivity contribution in [2.75, 3.05) is 5.75 Å². The third kappa shape index (κ3) is 1.71. The lowest BCUT2D eigenvalue weighted by atomic mass is 10.5. The summed E-state index contributed by atoms with van der Waals surface area (Å²) < 4.78 is 0. The Morgan fingerprint density at radius 3 is 3.11 bits per heavy atom. The maximum Gasteiger partial charge on any atom is 0.250 e. The van der Waals surface area contributed by atoms with Gasteiger partial charge in [-0.3, -0.25) is 4.79 Å². The van der Waals surface area contributed by atoms with Crippen molar-refractivity contribution in [3.05, 3.63) is 0 Å². The molecule has 0 unspecified atom stereocenters. The van der Waals surface area contributed by atoms with E-state index in [0.717, 1.165) is 11.5 Å². The number of nitrogens with zero attached hydrogens (tertiary/aromatic N) is 1. The van der Waals surface area contributed by atoms with Gasteiger partial charge >= 0.3 is 0 Å². The lowest BCUT2D eigenvalue weighted by molar-refractivity contribution is -0.118. The van der Waals surface area contributed by atoms with Crippen molar-refractivity contribution in [2.24, 2.45) is 5.10 Å². The molecule has 1 aliphatic rings. The van der Waals surface area contributed by atoms with Crippen LogP contribution in [0.2, 0.25) is 0 Å². The topological polar surface area (TPSA) is 41.5 Å². The Morgan fingerprint density at radius 2 is 2.67 bits per heavy atom. The van der Waals surface area contributed by atoms with E-state index in [1.54, 1.807) is 0 Å². The number of thioether (sulfide) groups is 1. The van der Waals surface area contributed by atoms with Crippen LogP contribution in [0.15, 0.2) is 5.10 Å². The maximum atomic E-state index is 10.5. The first-order valence-electron chi connectivity index (χ1n) is 2.81. The molecule has 1 N–H and O–H groups in total. The Labute approximate surface area is 57.9 Å². The number of carbonyl (C=O) groups is 1. The van der Waals surface area contributed by atoms with Gasteiger partial charge < -0.3 is 0 Å². The molecule has 0 fully saturated rings. The molecule has 0 aliphatic carbocycles. The highest BCUT2D eigenvalue weighted by Gasteiger charge is 2.08. The summed E-state index contributed by atoms with van der Waals surface area (Å²) in [7, 11) is 0. The zero-order valence-electron chi connectivity index (χ0n) is 5.18. The molecule has 0 aromatic rings. The van der Waals surface area contributed by atoms with Crippen molar-refractivity contribution in [3.63, 3.8) is 0 Å². The second kappa shape index (κ2) is 2.87. The van der Waals surface area contributed by atoms with Gasteiger partial charge in [0.2, 0.25) is 5.91 Å². The van der Waals surface area contributed by atoms with Crippen LogP contribution in [0.25, 0.3) is 0 Å². The van der Waals surface area contributed by atoms with E-state index in [9.17, 15) is 4.79 Å². The fourth-order valence-electron chi connectivity index (χ4n) is 0.519. The first-order chi connectivity index (χ1) is 4.33. The highest BCUT2D eigenvalue weighted by Crippen LogP contribution is 2.09. The first kappa shape index (κ1) is 6.61. The monoisotopic (exact) mass is 144 g/mol. The van der Waals surface area contributed by atoms with Gasteiger partial charge in [0.15, 0.2) is 0 Å². The Bertz CT molecular complexity index is 155. The fraction of sp³-hybridized carbons (Fsp3) is 0.600. The van der Waals surface area contributed by atoms with Gasteiger partial charge in [0.05, 0.1) is 10.8 Å². The average molecular weight is 144 g/mol. The minimum absolute atomic E-state index is 0.00259. The van der Waals surface area contributed by atoms with Crippen LogP contribution >= 0.6 is 11.8 Å². The molecule has 0 aromatic heterocycles. The van der Waals surface area contributed by atoms with Crippen molar-refractivity contribution in [1.82, 2.24) is 5.43 Å². The van der Waals surface area contributed by atoms with E-state index in [-0.39, 0.29) is 5.91 Å². The first-order valence-corrected chi connectivity index (χ1v) is 3.79. The van der Waals surface area contributed by atoms with E-state index in [2.05, 4.69) is 10.5 Å². The van der Waals surface area contributed by atoms with Crippen LogP contribution in [0.3, 0.4) is 0 Å². The third-order valence-corrected chi connectivity index (χ3v) is 2.10. The number of hydrazone groups is 1. The smallest absolute Gasteiger partial charge is 0.250 e. The van der Waals surface area contributed by atoms with Crippen molar-refractivity contribution < 1.29 is 4.79 Å². The summed E-state index contributed by atoms with van der Waals surface area (Å²) in [5.41, 5.74) is 2.41. The van der Waals surface area contributed by atoms with Crippen LogP contribution in [0.4, 0.5) is 0 Å². The molecule has 1 aliphatic heterocycles. The van der Waals surface area contributed by atoms with E-state index >= 15 is 0 Å². The summed E-state index contributed by atoms with van der Waals surface area (Å²) in [6.45, 7) is 2.02. The molecule has 0 aromatic carbocycles. The van der Waals surface area contributed by atoms with E-state index < -0.39 is 0 Å². The Hall–Kier alpha value is -0.510.